The molecular weight excluding hydrogens is 406 g/mol. The van der Waals surface area contributed by atoms with Gasteiger partial charge in [-0.3, -0.25) is 9.78 Å². The van der Waals surface area contributed by atoms with Crippen LogP contribution in [0.2, 0.25) is 0 Å². The van der Waals surface area contributed by atoms with Gasteiger partial charge in [0.15, 0.2) is 0 Å². The van der Waals surface area contributed by atoms with E-state index in [-0.39, 0.29) is 5.78 Å². The Hall–Kier alpha value is -2.57. The molecule has 0 saturated heterocycles. The maximum atomic E-state index is 12.8. The number of nitrogens with zero attached hydrogens (tertiary/aromatic N) is 3. The van der Waals surface area contributed by atoms with E-state index >= 15 is 0 Å². The van der Waals surface area contributed by atoms with Crippen LogP contribution in [0, 0.1) is 6.92 Å². The predicted molar refractivity (Wildman–Crippen MR) is 109 cm³/mol. The zero-order valence-electron chi connectivity index (χ0n) is 15.1. The van der Waals surface area contributed by atoms with Crippen LogP contribution in [0.3, 0.4) is 0 Å². The average Bonchev–Trinajstić information content (AvgIpc) is 2.70. The Morgan fingerprint density at radius 1 is 1.19 bits per heavy atom. The summed E-state index contributed by atoms with van der Waals surface area (Å²) in [6, 6.07) is 16.5. The molecule has 1 unspecified atom stereocenters. The standard InChI is InChI=1S/C21H20BrN3O2/c1-14-17(11-16(22)12-23-14)21(27)18-9-6-10-20(24-18)25(2)13-19(26)15-7-4-3-5-8-15/h3-12,19,26H,13H2,1-2H3. The Morgan fingerprint density at radius 2 is 1.93 bits per heavy atom. The van der Waals surface area contributed by atoms with E-state index in [0.29, 0.717) is 29.3 Å². The topological polar surface area (TPSA) is 66.3 Å². The molecule has 138 valence electrons. The van der Waals surface area contributed by atoms with Crippen LogP contribution in [0.4, 0.5) is 5.82 Å². The summed E-state index contributed by atoms with van der Waals surface area (Å²) in [5, 5.41) is 10.4. The van der Waals surface area contributed by atoms with Gasteiger partial charge in [0.1, 0.15) is 11.5 Å². The van der Waals surface area contributed by atoms with Gasteiger partial charge in [0.2, 0.25) is 5.78 Å². The number of hydrogen-bond donors (Lipinski definition) is 1. The van der Waals surface area contributed by atoms with Gasteiger partial charge in [0.25, 0.3) is 0 Å². The highest BCUT2D eigenvalue weighted by atomic mass is 79.9. The highest BCUT2D eigenvalue weighted by Crippen LogP contribution is 2.20. The molecule has 2 aromatic heterocycles. The number of rotatable bonds is 6. The smallest absolute Gasteiger partial charge is 0.213 e. The molecule has 1 N–H and O–H groups in total. The third-order valence-electron chi connectivity index (χ3n) is 4.29. The molecule has 1 atom stereocenters. The highest BCUT2D eigenvalue weighted by molar-refractivity contribution is 9.10. The van der Waals surface area contributed by atoms with Gasteiger partial charge >= 0.3 is 0 Å². The van der Waals surface area contributed by atoms with Gasteiger partial charge in [0.05, 0.1) is 6.10 Å². The molecule has 2 heterocycles. The van der Waals surface area contributed by atoms with Crippen LogP contribution in [0.1, 0.15) is 33.4 Å². The minimum absolute atomic E-state index is 0.180. The summed E-state index contributed by atoms with van der Waals surface area (Å²) in [4.78, 5) is 23.4. The van der Waals surface area contributed by atoms with E-state index in [4.69, 9.17) is 0 Å². The van der Waals surface area contributed by atoms with Crippen LogP contribution in [0.15, 0.2) is 65.3 Å². The van der Waals surface area contributed by atoms with Gasteiger partial charge in [-0.1, -0.05) is 36.4 Å². The highest BCUT2D eigenvalue weighted by Gasteiger charge is 2.17. The summed E-state index contributed by atoms with van der Waals surface area (Å²) >= 11 is 3.35. The zero-order chi connectivity index (χ0) is 19.4. The first-order valence-electron chi connectivity index (χ1n) is 8.54. The Kier molecular flexibility index (Phi) is 5.98. The number of benzene rings is 1. The number of carbonyl (C=O) groups excluding carboxylic acids is 1. The molecule has 1 aromatic carbocycles. The number of likely N-dealkylation sites (N-methyl/N-ethyl adjacent to an activating group) is 1. The molecule has 6 heteroatoms. The van der Waals surface area contributed by atoms with E-state index in [9.17, 15) is 9.90 Å². The number of pyridine rings is 2. The number of hydrogen-bond acceptors (Lipinski definition) is 5. The van der Waals surface area contributed by atoms with Crippen molar-refractivity contribution in [2.75, 3.05) is 18.5 Å². The van der Waals surface area contributed by atoms with Crippen molar-refractivity contribution < 1.29 is 9.90 Å². The second-order valence-corrected chi connectivity index (χ2v) is 7.22. The number of aliphatic hydroxyl groups excluding tert-OH is 1. The average molecular weight is 426 g/mol. The SMILES string of the molecule is Cc1ncc(Br)cc1C(=O)c1cccc(N(C)CC(O)c2ccccc2)n1. The Balaban J connectivity index is 1.80. The summed E-state index contributed by atoms with van der Waals surface area (Å²) in [6.07, 6.45) is 1.02. The molecule has 0 aliphatic heterocycles. The minimum atomic E-state index is -0.645. The third-order valence-corrected chi connectivity index (χ3v) is 4.72. The summed E-state index contributed by atoms with van der Waals surface area (Å²) in [5.41, 5.74) is 2.35. The maximum Gasteiger partial charge on any atom is 0.213 e. The number of aromatic nitrogens is 2. The van der Waals surface area contributed by atoms with E-state index in [1.807, 2.05) is 48.3 Å². The lowest BCUT2D eigenvalue weighted by Gasteiger charge is -2.22. The van der Waals surface area contributed by atoms with Crippen molar-refractivity contribution in [2.24, 2.45) is 0 Å². The van der Waals surface area contributed by atoms with Gasteiger partial charge in [-0.05, 0) is 46.6 Å². The molecule has 0 fully saturated rings. The number of aryl methyl sites for hydroxylation is 1. The number of halogens is 1. The fraction of sp³-hybridized carbons (Fsp3) is 0.190. The van der Waals surface area contributed by atoms with Gasteiger partial charge in [-0.15, -0.1) is 0 Å². The van der Waals surface area contributed by atoms with Crippen molar-refractivity contribution in [2.45, 2.75) is 13.0 Å². The lowest BCUT2D eigenvalue weighted by Crippen LogP contribution is -2.25. The Bertz CT molecular complexity index is 947. The Morgan fingerprint density at radius 3 is 2.67 bits per heavy atom. The van der Waals surface area contributed by atoms with Crippen LogP contribution in [-0.2, 0) is 0 Å². The number of anilines is 1. The molecule has 0 spiro atoms. The van der Waals surface area contributed by atoms with Crippen molar-refractivity contribution in [3.05, 3.63) is 87.8 Å². The minimum Gasteiger partial charge on any atom is -0.387 e. The predicted octanol–water partition coefficient (Wildman–Crippen LogP) is 3.95. The van der Waals surface area contributed by atoms with Crippen LogP contribution >= 0.6 is 15.9 Å². The molecule has 27 heavy (non-hydrogen) atoms. The van der Waals surface area contributed by atoms with Crippen LogP contribution < -0.4 is 4.90 Å². The van der Waals surface area contributed by atoms with Crippen LogP contribution in [0.5, 0.6) is 0 Å². The van der Waals surface area contributed by atoms with E-state index in [0.717, 1.165) is 10.0 Å². The molecule has 3 aromatic rings. The third kappa shape index (κ3) is 4.59. The van der Waals surface area contributed by atoms with Crippen molar-refractivity contribution in [3.63, 3.8) is 0 Å². The number of carbonyl (C=O) groups is 1. The first-order valence-corrected chi connectivity index (χ1v) is 9.33. The monoisotopic (exact) mass is 425 g/mol. The first kappa shape index (κ1) is 19.2. The van der Waals surface area contributed by atoms with E-state index < -0.39 is 6.10 Å². The van der Waals surface area contributed by atoms with Crippen molar-refractivity contribution in [3.8, 4) is 0 Å². The van der Waals surface area contributed by atoms with Crippen molar-refractivity contribution in [1.82, 2.24) is 9.97 Å². The fourth-order valence-electron chi connectivity index (χ4n) is 2.77. The Labute approximate surface area is 166 Å². The van der Waals surface area contributed by atoms with Gasteiger partial charge in [0, 0.05) is 35.5 Å². The van der Waals surface area contributed by atoms with Crippen LogP contribution in [0.25, 0.3) is 0 Å². The lowest BCUT2D eigenvalue weighted by molar-refractivity contribution is 0.103. The molecule has 0 aliphatic rings. The fourth-order valence-corrected chi connectivity index (χ4v) is 3.10. The summed E-state index contributed by atoms with van der Waals surface area (Å²) in [6.45, 7) is 2.16. The second-order valence-electron chi connectivity index (χ2n) is 6.30. The summed E-state index contributed by atoms with van der Waals surface area (Å²) < 4.78 is 0.746. The quantitative estimate of drug-likeness (QED) is 0.605. The summed E-state index contributed by atoms with van der Waals surface area (Å²) in [7, 11) is 1.84. The van der Waals surface area contributed by atoms with Crippen molar-refractivity contribution in [1.29, 1.82) is 0 Å². The van der Waals surface area contributed by atoms with Gasteiger partial charge in [-0.25, -0.2) is 4.98 Å². The number of aliphatic hydroxyl groups is 1. The summed E-state index contributed by atoms with van der Waals surface area (Å²) in [5.74, 6) is 0.441. The largest absolute Gasteiger partial charge is 0.387 e. The molecule has 0 bridgehead atoms. The molecular formula is C21H20BrN3O2. The molecule has 0 aliphatic carbocycles. The maximum absolute atomic E-state index is 12.8. The van der Waals surface area contributed by atoms with Crippen LogP contribution in [-0.4, -0.2) is 34.5 Å². The van der Waals surface area contributed by atoms with Gasteiger partial charge in [-0.2, -0.15) is 0 Å². The molecule has 0 radical (unpaired) electrons. The normalized spacial score (nSPS) is 11.9. The lowest BCUT2D eigenvalue weighted by atomic mass is 10.1. The second kappa shape index (κ2) is 8.41. The van der Waals surface area contributed by atoms with E-state index in [2.05, 4.69) is 25.9 Å². The molecule has 0 saturated carbocycles. The molecule has 3 rings (SSSR count). The van der Waals surface area contributed by atoms with E-state index in [1.54, 1.807) is 31.3 Å². The first-order chi connectivity index (χ1) is 13.0. The van der Waals surface area contributed by atoms with E-state index in [1.165, 1.54) is 0 Å². The zero-order valence-corrected chi connectivity index (χ0v) is 16.7. The number of ketones is 1. The molecule has 0 amide bonds. The van der Waals surface area contributed by atoms with Gasteiger partial charge < -0.3 is 10.0 Å². The molecule has 5 nitrogen and oxygen atoms in total. The van der Waals surface area contributed by atoms with Crippen molar-refractivity contribution >= 4 is 27.5 Å².